The van der Waals surface area contributed by atoms with Gasteiger partial charge in [-0.1, -0.05) is 36.9 Å². The van der Waals surface area contributed by atoms with Crippen LogP contribution in [0, 0.1) is 12.7 Å². The maximum absolute atomic E-state index is 14.8. The Morgan fingerprint density at radius 2 is 2.00 bits per heavy atom. The van der Waals surface area contributed by atoms with Gasteiger partial charge < -0.3 is 15.4 Å². The molecule has 5 nitrogen and oxygen atoms in total. The third-order valence-electron chi connectivity index (χ3n) is 5.94. The van der Waals surface area contributed by atoms with Crippen molar-refractivity contribution in [2.45, 2.75) is 51.5 Å². The predicted octanol–water partition coefficient (Wildman–Crippen LogP) is 4.85. The van der Waals surface area contributed by atoms with Gasteiger partial charge in [-0.25, -0.2) is 4.39 Å². The van der Waals surface area contributed by atoms with Crippen LogP contribution >= 0.6 is 11.6 Å². The Hall–Kier alpha value is -2.44. The number of amides is 1. The van der Waals surface area contributed by atoms with Crippen molar-refractivity contribution in [3.8, 4) is 5.75 Å². The van der Waals surface area contributed by atoms with Crippen molar-refractivity contribution < 1.29 is 18.7 Å². The average molecular weight is 461 g/mol. The molecular weight excluding hydrogens is 431 g/mol. The molecule has 1 aliphatic carbocycles. The lowest BCUT2D eigenvalue weighted by Crippen LogP contribution is -2.36. The molecule has 0 aromatic heterocycles. The van der Waals surface area contributed by atoms with Gasteiger partial charge in [-0.15, -0.1) is 0 Å². The summed E-state index contributed by atoms with van der Waals surface area (Å²) in [5, 5.41) is 6.30. The second-order valence-corrected chi connectivity index (χ2v) is 8.64. The molecule has 1 saturated carbocycles. The Balaban J connectivity index is 1.76. The van der Waals surface area contributed by atoms with E-state index in [0.717, 1.165) is 36.8 Å². The highest BCUT2D eigenvalue weighted by atomic mass is 35.5. The number of ether oxygens (including phenoxy) is 1. The summed E-state index contributed by atoms with van der Waals surface area (Å²) < 4.78 is 20.4. The van der Waals surface area contributed by atoms with E-state index in [-0.39, 0.29) is 17.5 Å². The molecule has 0 saturated heterocycles. The Morgan fingerprint density at radius 3 is 2.66 bits per heavy atom. The van der Waals surface area contributed by atoms with Crippen molar-refractivity contribution in [3.63, 3.8) is 0 Å². The number of rotatable bonds is 9. The molecule has 1 aliphatic rings. The molecule has 2 aromatic rings. The number of hydrogen-bond acceptors (Lipinski definition) is 4. The minimum absolute atomic E-state index is 0.0518. The fourth-order valence-corrected chi connectivity index (χ4v) is 4.34. The quantitative estimate of drug-likeness (QED) is 0.414. The normalized spacial score (nSPS) is 14.2. The van der Waals surface area contributed by atoms with Crippen LogP contribution in [0.25, 0.3) is 0 Å². The number of likely N-dealkylation sites (N-methyl/N-ethyl adjacent to an activating group) is 1. The van der Waals surface area contributed by atoms with E-state index in [1.165, 1.54) is 18.6 Å². The molecule has 0 aliphatic heterocycles. The van der Waals surface area contributed by atoms with Gasteiger partial charge in [0.1, 0.15) is 18.2 Å². The van der Waals surface area contributed by atoms with Crippen molar-refractivity contribution in [1.29, 1.82) is 0 Å². The lowest BCUT2D eigenvalue weighted by molar-refractivity contribution is 0.0923. The lowest BCUT2D eigenvalue weighted by atomic mass is 9.95. The maximum Gasteiger partial charge on any atom is 0.254 e. The molecule has 7 heteroatoms. The van der Waals surface area contributed by atoms with E-state index in [2.05, 4.69) is 10.6 Å². The Labute approximate surface area is 193 Å². The summed E-state index contributed by atoms with van der Waals surface area (Å²) in [6.45, 7) is 2.85. The van der Waals surface area contributed by atoms with Crippen LogP contribution < -0.4 is 15.4 Å². The van der Waals surface area contributed by atoms with Crippen molar-refractivity contribution in [2.75, 3.05) is 20.2 Å². The van der Waals surface area contributed by atoms with Crippen molar-refractivity contribution in [2.24, 2.45) is 0 Å². The molecule has 0 bridgehead atoms. The zero-order valence-electron chi connectivity index (χ0n) is 18.6. The van der Waals surface area contributed by atoms with Crippen molar-refractivity contribution >= 4 is 23.8 Å². The highest BCUT2D eigenvalue weighted by Gasteiger charge is 2.20. The van der Waals surface area contributed by atoms with Crippen LogP contribution in [0.5, 0.6) is 5.75 Å². The molecule has 0 unspecified atom stereocenters. The summed E-state index contributed by atoms with van der Waals surface area (Å²) in [6.07, 6.45) is 6.35. The number of carbonyl (C=O) groups is 2. The molecule has 172 valence electrons. The van der Waals surface area contributed by atoms with Gasteiger partial charge in [0.25, 0.3) is 5.91 Å². The molecule has 2 aromatic carbocycles. The number of hydrogen-bond donors (Lipinski definition) is 2. The molecule has 2 N–H and O–H groups in total. The first-order chi connectivity index (χ1) is 15.4. The average Bonchev–Trinajstić information content (AvgIpc) is 2.79. The maximum atomic E-state index is 14.8. The summed E-state index contributed by atoms with van der Waals surface area (Å²) >= 11 is 6.49. The zero-order valence-corrected chi connectivity index (χ0v) is 19.4. The first-order valence-corrected chi connectivity index (χ1v) is 11.5. The molecule has 0 spiro atoms. The molecule has 0 radical (unpaired) electrons. The first kappa shape index (κ1) is 24.2. The second kappa shape index (κ2) is 11.4. The van der Waals surface area contributed by atoms with Crippen LogP contribution in [0.1, 0.15) is 69.5 Å². The molecule has 3 rings (SSSR count). The van der Waals surface area contributed by atoms with E-state index >= 15 is 0 Å². The van der Waals surface area contributed by atoms with Gasteiger partial charge in [0.2, 0.25) is 0 Å². The zero-order chi connectivity index (χ0) is 23.1. The summed E-state index contributed by atoms with van der Waals surface area (Å²) in [5.41, 5.74) is 2.68. The van der Waals surface area contributed by atoms with Gasteiger partial charge >= 0.3 is 0 Å². The van der Waals surface area contributed by atoms with E-state index < -0.39 is 5.82 Å². The fraction of sp³-hybridized carbons (Fsp3) is 0.440. The topological polar surface area (TPSA) is 67.4 Å². The summed E-state index contributed by atoms with van der Waals surface area (Å²) in [5.74, 6) is -0.562. The van der Waals surface area contributed by atoms with E-state index in [9.17, 15) is 14.0 Å². The molecule has 0 atom stereocenters. The number of aldehydes is 1. The SMILES string of the molecule is CNCCOc1c(C=O)cc(Cc2ccc(C(=O)NC3CCCCC3)c(F)c2)c(C)c1Cl. The van der Waals surface area contributed by atoms with E-state index in [0.29, 0.717) is 47.8 Å². The highest BCUT2D eigenvalue weighted by Crippen LogP contribution is 2.34. The highest BCUT2D eigenvalue weighted by molar-refractivity contribution is 6.33. The van der Waals surface area contributed by atoms with Gasteiger partial charge in [0.15, 0.2) is 6.29 Å². The van der Waals surface area contributed by atoms with E-state index in [4.69, 9.17) is 16.3 Å². The minimum atomic E-state index is -0.554. The Bertz CT molecular complexity index is 974. The Morgan fingerprint density at radius 1 is 1.25 bits per heavy atom. The molecule has 0 heterocycles. The monoisotopic (exact) mass is 460 g/mol. The van der Waals surface area contributed by atoms with Crippen molar-refractivity contribution in [1.82, 2.24) is 10.6 Å². The molecule has 1 fully saturated rings. The molecular formula is C25H30ClFN2O3. The van der Waals surface area contributed by atoms with Crippen LogP contribution in [0.2, 0.25) is 5.02 Å². The number of carbonyl (C=O) groups excluding carboxylic acids is 2. The van der Waals surface area contributed by atoms with Gasteiger partial charge in [0.05, 0.1) is 16.1 Å². The number of halogens is 2. The summed E-state index contributed by atoms with van der Waals surface area (Å²) in [6, 6.07) is 6.49. The minimum Gasteiger partial charge on any atom is -0.490 e. The molecule has 32 heavy (non-hydrogen) atoms. The third-order valence-corrected chi connectivity index (χ3v) is 6.40. The van der Waals surface area contributed by atoms with E-state index in [1.807, 2.05) is 14.0 Å². The second-order valence-electron chi connectivity index (χ2n) is 8.26. The van der Waals surface area contributed by atoms with Crippen LogP contribution in [0.4, 0.5) is 4.39 Å². The van der Waals surface area contributed by atoms with Crippen LogP contribution in [-0.4, -0.2) is 38.4 Å². The fourth-order valence-electron chi connectivity index (χ4n) is 4.06. The van der Waals surface area contributed by atoms with E-state index in [1.54, 1.807) is 12.1 Å². The standard InChI is InChI=1S/C25H30ClFN2O3/c1-16-18(14-19(15-30)24(23(16)26)32-11-10-28-2)12-17-8-9-21(22(27)13-17)25(31)29-20-6-4-3-5-7-20/h8-9,13-15,20,28H,3-7,10-12H2,1-2H3,(H,29,31). The Kier molecular flexibility index (Phi) is 8.65. The molecule has 1 amide bonds. The van der Waals surface area contributed by atoms with Gasteiger partial charge in [-0.2, -0.15) is 0 Å². The summed E-state index contributed by atoms with van der Waals surface area (Å²) in [7, 11) is 1.81. The predicted molar refractivity (Wildman–Crippen MR) is 125 cm³/mol. The third kappa shape index (κ3) is 5.87. The van der Waals surface area contributed by atoms with Crippen LogP contribution in [-0.2, 0) is 6.42 Å². The van der Waals surface area contributed by atoms with Crippen LogP contribution in [0.15, 0.2) is 24.3 Å². The van der Waals surface area contributed by atoms with Gasteiger partial charge in [-0.3, -0.25) is 9.59 Å². The van der Waals surface area contributed by atoms with Crippen molar-refractivity contribution in [3.05, 3.63) is 62.9 Å². The smallest absolute Gasteiger partial charge is 0.254 e. The summed E-state index contributed by atoms with van der Waals surface area (Å²) in [4.78, 5) is 24.1. The number of benzene rings is 2. The first-order valence-electron chi connectivity index (χ1n) is 11.1. The number of nitrogens with one attached hydrogen (secondary N) is 2. The van der Waals surface area contributed by atoms with Gasteiger partial charge in [0, 0.05) is 12.6 Å². The van der Waals surface area contributed by atoms with Gasteiger partial charge in [-0.05, 0) is 68.1 Å². The largest absolute Gasteiger partial charge is 0.490 e. The van der Waals surface area contributed by atoms with Crippen LogP contribution in [0.3, 0.4) is 0 Å². The lowest BCUT2D eigenvalue weighted by Gasteiger charge is -2.23.